The Hall–Kier alpha value is -0.910. The molecular weight excluding hydrogens is 322 g/mol. The number of aromatic nitrogens is 2. The van der Waals surface area contributed by atoms with Gasteiger partial charge < -0.3 is 5.32 Å². The molecule has 0 saturated heterocycles. The van der Waals surface area contributed by atoms with Crippen LogP contribution in [-0.4, -0.2) is 22.8 Å². The number of hydrogen-bond acceptors (Lipinski definition) is 5. The first-order chi connectivity index (χ1) is 10.2. The Morgan fingerprint density at radius 1 is 1.19 bits per heavy atom. The van der Waals surface area contributed by atoms with E-state index in [1.807, 2.05) is 36.6 Å². The van der Waals surface area contributed by atoms with Gasteiger partial charge in [-0.25, -0.2) is 9.97 Å². The molecule has 1 aromatic carbocycles. The Labute approximate surface area is 139 Å². The fraction of sp³-hybridized carbons (Fsp3) is 0.333. The van der Waals surface area contributed by atoms with Gasteiger partial charge >= 0.3 is 0 Å². The molecule has 1 heterocycles. The van der Waals surface area contributed by atoms with E-state index in [1.165, 1.54) is 5.56 Å². The minimum absolute atomic E-state index is 0.765. The lowest BCUT2D eigenvalue weighted by Crippen LogP contribution is -2.03. The maximum atomic E-state index is 5.90. The van der Waals surface area contributed by atoms with Gasteiger partial charge in [0.2, 0.25) is 0 Å². The van der Waals surface area contributed by atoms with E-state index < -0.39 is 0 Å². The highest BCUT2D eigenvalue weighted by molar-refractivity contribution is 7.99. The molecule has 0 aliphatic carbocycles. The highest BCUT2D eigenvalue weighted by Crippen LogP contribution is 2.25. The number of anilines is 1. The lowest BCUT2D eigenvalue weighted by Gasteiger charge is -2.08. The summed E-state index contributed by atoms with van der Waals surface area (Å²) in [7, 11) is 0. The zero-order chi connectivity index (χ0) is 15.1. The highest BCUT2D eigenvalue weighted by Gasteiger charge is 2.05. The fourth-order valence-corrected chi connectivity index (χ4v) is 3.07. The van der Waals surface area contributed by atoms with Gasteiger partial charge in [0.25, 0.3) is 0 Å². The van der Waals surface area contributed by atoms with E-state index in [4.69, 9.17) is 11.6 Å². The van der Waals surface area contributed by atoms with Crippen molar-refractivity contribution in [3.05, 3.63) is 40.9 Å². The van der Waals surface area contributed by atoms with Crippen molar-refractivity contribution in [3.8, 4) is 0 Å². The molecule has 6 heteroatoms. The number of hydrogen-bond donors (Lipinski definition) is 1. The maximum absolute atomic E-state index is 5.90. The number of benzene rings is 1. The molecule has 0 atom stereocenters. The van der Waals surface area contributed by atoms with Crippen LogP contribution in [0.25, 0.3) is 0 Å². The van der Waals surface area contributed by atoms with Crippen LogP contribution < -0.4 is 5.32 Å². The standard InChI is InChI=1S/C15H18ClN3S2/c1-3-8-17-13-9-14(19-15(18-13)20-2)21-10-11-4-6-12(16)7-5-11/h4-7,9H,3,8,10H2,1-2H3,(H,17,18,19). The van der Waals surface area contributed by atoms with Gasteiger partial charge in [-0.3, -0.25) is 0 Å². The van der Waals surface area contributed by atoms with Crippen LogP contribution in [0.3, 0.4) is 0 Å². The second-order valence-electron chi connectivity index (χ2n) is 4.42. The summed E-state index contributed by atoms with van der Waals surface area (Å²) >= 11 is 9.17. The van der Waals surface area contributed by atoms with E-state index in [-0.39, 0.29) is 0 Å². The molecule has 0 unspecified atom stereocenters. The second-order valence-corrected chi connectivity index (χ2v) is 6.63. The number of nitrogens with one attached hydrogen (secondary N) is 1. The maximum Gasteiger partial charge on any atom is 0.190 e. The predicted molar refractivity (Wildman–Crippen MR) is 93.6 cm³/mol. The van der Waals surface area contributed by atoms with E-state index in [2.05, 4.69) is 22.2 Å². The van der Waals surface area contributed by atoms with Crippen LogP contribution in [0.1, 0.15) is 18.9 Å². The minimum atomic E-state index is 0.765. The Morgan fingerprint density at radius 3 is 2.62 bits per heavy atom. The molecule has 0 saturated carbocycles. The van der Waals surface area contributed by atoms with Gasteiger partial charge in [0.05, 0.1) is 0 Å². The van der Waals surface area contributed by atoms with Gasteiger partial charge in [-0.2, -0.15) is 0 Å². The molecule has 0 aliphatic heterocycles. The lowest BCUT2D eigenvalue weighted by molar-refractivity contribution is 0.878. The summed E-state index contributed by atoms with van der Waals surface area (Å²) in [6.45, 7) is 3.06. The Bertz CT molecular complexity index is 576. The zero-order valence-electron chi connectivity index (χ0n) is 12.1. The lowest BCUT2D eigenvalue weighted by atomic mass is 10.2. The van der Waals surface area contributed by atoms with Crippen molar-refractivity contribution in [1.29, 1.82) is 0 Å². The third-order valence-corrected chi connectivity index (χ3v) is 4.50. The van der Waals surface area contributed by atoms with E-state index in [9.17, 15) is 0 Å². The molecule has 1 aromatic heterocycles. The molecule has 0 spiro atoms. The average molecular weight is 340 g/mol. The second kappa shape index (κ2) is 8.51. The van der Waals surface area contributed by atoms with E-state index in [0.29, 0.717) is 0 Å². The van der Waals surface area contributed by atoms with Crippen molar-refractivity contribution >= 4 is 40.9 Å². The van der Waals surface area contributed by atoms with Crippen LogP contribution in [-0.2, 0) is 5.75 Å². The van der Waals surface area contributed by atoms with Crippen molar-refractivity contribution in [1.82, 2.24) is 9.97 Å². The largest absolute Gasteiger partial charge is 0.370 e. The van der Waals surface area contributed by atoms with Crippen molar-refractivity contribution < 1.29 is 0 Å². The molecule has 21 heavy (non-hydrogen) atoms. The molecule has 3 nitrogen and oxygen atoms in total. The van der Waals surface area contributed by atoms with Crippen LogP contribution in [0.15, 0.2) is 40.5 Å². The van der Waals surface area contributed by atoms with Gasteiger partial charge in [0, 0.05) is 23.4 Å². The number of rotatable bonds is 7. The Balaban J connectivity index is 2.05. The van der Waals surface area contributed by atoms with E-state index in [1.54, 1.807) is 23.5 Å². The van der Waals surface area contributed by atoms with E-state index >= 15 is 0 Å². The molecule has 2 rings (SSSR count). The summed E-state index contributed by atoms with van der Waals surface area (Å²) in [6.07, 6.45) is 3.07. The summed E-state index contributed by atoms with van der Waals surface area (Å²) in [5.74, 6) is 1.77. The van der Waals surface area contributed by atoms with Crippen LogP contribution in [0.2, 0.25) is 5.02 Å². The fourth-order valence-electron chi connectivity index (χ4n) is 1.65. The number of nitrogens with zero attached hydrogens (tertiary/aromatic N) is 2. The Morgan fingerprint density at radius 2 is 1.95 bits per heavy atom. The van der Waals surface area contributed by atoms with Crippen LogP contribution in [0.4, 0.5) is 5.82 Å². The molecule has 0 radical (unpaired) electrons. The summed E-state index contributed by atoms with van der Waals surface area (Å²) in [5.41, 5.74) is 1.23. The van der Waals surface area contributed by atoms with E-state index in [0.717, 1.165) is 39.7 Å². The summed E-state index contributed by atoms with van der Waals surface area (Å²) < 4.78 is 0. The molecule has 112 valence electrons. The first kappa shape index (κ1) is 16.5. The van der Waals surface area contributed by atoms with Crippen molar-refractivity contribution in [3.63, 3.8) is 0 Å². The normalized spacial score (nSPS) is 10.6. The van der Waals surface area contributed by atoms with Crippen LogP contribution >= 0.6 is 35.1 Å². The molecule has 1 N–H and O–H groups in total. The van der Waals surface area contributed by atoms with Crippen molar-refractivity contribution in [2.75, 3.05) is 18.1 Å². The zero-order valence-corrected chi connectivity index (χ0v) is 14.5. The van der Waals surface area contributed by atoms with Gasteiger partial charge in [0.1, 0.15) is 10.8 Å². The summed E-state index contributed by atoms with van der Waals surface area (Å²) in [6, 6.07) is 9.93. The van der Waals surface area contributed by atoms with Crippen molar-refractivity contribution in [2.45, 2.75) is 29.3 Å². The third kappa shape index (κ3) is 5.41. The summed E-state index contributed by atoms with van der Waals surface area (Å²) in [4.78, 5) is 9.01. The van der Waals surface area contributed by atoms with Crippen LogP contribution in [0, 0.1) is 0 Å². The smallest absolute Gasteiger partial charge is 0.190 e. The molecule has 0 amide bonds. The first-order valence-corrected chi connectivity index (χ1v) is 9.34. The first-order valence-electron chi connectivity index (χ1n) is 6.75. The monoisotopic (exact) mass is 339 g/mol. The van der Waals surface area contributed by atoms with Crippen molar-refractivity contribution in [2.24, 2.45) is 0 Å². The number of thioether (sulfide) groups is 2. The average Bonchev–Trinajstić information content (AvgIpc) is 2.52. The quantitative estimate of drug-likeness (QED) is 0.438. The predicted octanol–water partition coefficient (Wildman–Crippen LogP) is 4.97. The SMILES string of the molecule is CCCNc1cc(SCc2ccc(Cl)cc2)nc(SC)n1. The van der Waals surface area contributed by atoms with Gasteiger partial charge in [-0.1, -0.05) is 42.4 Å². The number of halogens is 1. The minimum Gasteiger partial charge on any atom is -0.370 e. The molecule has 0 fully saturated rings. The van der Waals surface area contributed by atoms with Gasteiger partial charge in [-0.05, 0) is 30.4 Å². The molecule has 0 bridgehead atoms. The van der Waals surface area contributed by atoms with Gasteiger partial charge in [0.15, 0.2) is 5.16 Å². The molecule has 2 aromatic rings. The third-order valence-electron chi connectivity index (χ3n) is 2.72. The molecule has 0 aliphatic rings. The highest BCUT2D eigenvalue weighted by atomic mass is 35.5. The topological polar surface area (TPSA) is 37.8 Å². The summed E-state index contributed by atoms with van der Waals surface area (Å²) in [5, 5.41) is 5.87. The van der Waals surface area contributed by atoms with Crippen LogP contribution in [0.5, 0.6) is 0 Å². The Kier molecular flexibility index (Phi) is 6.67. The molecular formula is C15H18ClN3S2. The van der Waals surface area contributed by atoms with Gasteiger partial charge in [-0.15, -0.1) is 11.8 Å².